The zero-order chi connectivity index (χ0) is 19.5. The van der Waals surface area contributed by atoms with Crippen molar-refractivity contribution in [3.63, 3.8) is 0 Å². The molecule has 0 amide bonds. The molecule has 3 aromatic carbocycles. The summed E-state index contributed by atoms with van der Waals surface area (Å²) < 4.78 is 14.9. The largest absolute Gasteiger partial charge is 0.283 e. The Morgan fingerprint density at radius 2 is 1.61 bits per heavy atom. The van der Waals surface area contributed by atoms with Gasteiger partial charge < -0.3 is 0 Å². The predicted molar refractivity (Wildman–Crippen MR) is 113 cm³/mol. The van der Waals surface area contributed by atoms with Crippen molar-refractivity contribution in [2.75, 3.05) is 0 Å². The maximum atomic E-state index is 13.2. The van der Waals surface area contributed by atoms with E-state index in [0.717, 1.165) is 11.1 Å². The minimum absolute atomic E-state index is 0.103. The average Bonchev–Trinajstić information content (AvgIpc) is 2.71. The molecule has 4 rings (SSSR count). The number of thioether (sulfide) groups is 1. The molecule has 0 N–H and O–H groups in total. The number of benzene rings is 3. The molecule has 0 aliphatic rings. The highest BCUT2D eigenvalue weighted by atomic mass is 35.5. The molecule has 1 aromatic heterocycles. The smallest absolute Gasteiger partial charge is 0.262 e. The van der Waals surface area contributed by atoms with Gasteiger partial charge in [0.2, 0.25) is 0 Å². The van der Waals surface area contributed by atoms with Gasteiger partial charge in [-0.15, -0.1) is 0 Å². The zero-order valence-corrected chi connectivity index (χ0v) is 16.4. The SMILES string of the molecule is O=c1c2ccccc2nc(SCc2ccc(Cl)cc2)n1Cc1ccc(F)cc1. The van der Waals surface area contributed by atoms with Crippen molar-refractivity contribution in [2.24, 2.45) is 0 Å². The maximum Gasteiger partial charge on any atom is 0.262 e. The van der Waals surface area contributed by atoms with Gasteiger partial charge in [0.05, 0.1) is 17.4 Å². The topological polar surface area (TPSA) is 34.9 Å². The Morgan fingerprint density at radius 3 is 2.36 bits per heavy atom. The lowest BCUT2D eigenvalue weighted by Gasteiger charge is -2.13. The van der Waals surface area contributed by atoms with Gasteiger partial charge in [-0.2, -0.15) is 0 Å². The fraction of sp³-hybridized carbons (Fsp3) is 0.0909. The molecular formula is C22H16ClFN2OS. The molecule has 0 bridgehead atoms. The van der Waals surface area contributed by atoms with Crippen LogP contribution in [0.3, 0.4) is 0 Å². The molecule has 0 aliphatic carbocycles. The summed E-state index contributed by atoms with van der Waals surface area (Å²) >= 11 is 7.44. The van der Waals surface area contributed by atoms with Gasteiger partial charge >= 0.3 is 0 Å². The maximum absolute atomic E-state index is 13.2. The molecule has 1 heterocycles. The van der Waals surface area contributed by atoms with Crippen molar-refractivity contribution in [2.45, 2.75) is 17.5 Å². The normalized spacial score (nSPS) is 11.1. The van der Waals surface area contributed by atoms with E-state index < -0.39 is 0 Å². The summed E-state index contributed by atoms with van der Waals surface area (Å²) in [5.74, 6) is 0.357. The van der Waals surface area contributed by atoms with Crippen LogP contribution < -0.4 is 5.56 Å². The molecule has 0 atom stereocenters. The third-order valence-electron chi connectivity index (χ3n) is 4.36. The summed E-state index contributed by atoms with van der Waals surface area (Å²) in [5.41, 5.74) is 2.49. The third kappa shape index (κ3) is 4.11. The zero-order valence-electron chi connectivity index (χ0n) is 14.8. The summed E-state index contributed by atoms with van der Waals surface area (Å²) in [6.07, 6.45) is 0. The van der Waals surface area contributed by atoms with Crippen molar-refractivity contribution in [3.05, 3.63) is 105 Å². The Labute approximate surface area is 170 Å². The molecule has 0 radical (unpaired) electrons. The molecule has 3 nitrogen and oxygen atoms in total. The van der Waals surface area contributed by atoms with Crippen molar-refractivity contribution >= 4 is 34.3 Å². The van der Waals surface area contributed by atoms with Crippen LogP contribution >= 0.6 is 23.4 Å². The first-order valence-corrected chi connectivity index (χ1v) is 10.1. The first-order valence-electron chi connectivity index (χ1n) is 8.71. The quantitative estimate of drug-likeness (QED) is 0.320. The number of aromatic nitrogens is 2. The van der Waals surface area contributed by atoms with Crippen molar-refractivity contribution in [3.8, 4) is 0 Å². The molecule has 28 heavy (non-hydrogen) atoms. The van der Waals surface area contributed by atoms with E-state index in [-0.39, 0.29) is 11.4 Å². The van der Waals surface area contributed by atoms with E-state index >= 15 is 0 Å². The highest BCUT2D eigenvalue weighted by molar-refractivity contribution is 7.98. The minimum atomic E-state index is -0.301. The molecule has 0 spiro atoms. The second kappa shape index (κ2) is 8.17. The Morgan fingerprint density at radius 1 is 0.929 bits per heavy atom. The number of hydrogen-bond donors (Lipinski definition) is 0. The highest BCUT2D eigenvalue weighted by Crippen LogP contribution is 2.23. The van der Waals surface area contributed by atoms with Gasteiger partial charge in [-0.25, -0.2) is 9.37 Å². The third-order valence-corrected chi connectivity index (χ3v) is 5.66. The van der Waals surface area contributed by atoms with E-state index in [9.17, 15) is 9.18 Å². The molecule has 0 saturated heterocycles. The molecule has 6 heteroatoms. The predicted octanol–water partition coefficient (Wildman–Crippen LogP) is 5.53. The lowest BCUT2D eigenvalue weighted by atomic mass is 10.2. The van der Waals surface area contributed by atoms with Crippen molar-refractivity contribution < 1.29 is 4.39 Å². The molecular weight excluding hydrogens is 395 g/mol. The average molecular weight is 411 g/mol. The lowest BCUT2D eigenvalue weighted by Crippen LogP contribution is -2.24. The highest BCUT2D eigenvalue weighted by Gasteiger charge is 2.12. The molecule has 0 saturated carbocycles. The lowest BCUT2D eigenvalue weighted by molar-refractivity contribution is 0.622. The number of nitrogens with zero attached hydrogens (tertiary/aromatic N) is 2. The Bertz CT molecular complexity index is 1170. The Kier molecular flexibility index (Phi) is 5.46. The van der Waals surface area contributed by atoms with Gasteiger partial charge in [0.15, 0.2) is 5.16 Å². The van der Waals surface area contributed by atoms with Crippen LogP contribution in [0.2, 0.25) is 5.02 Å². The van der Waals surface area contributed by atoms with Gasteiger partial charge in [-0.05, 0) is 47.5 Å². The monoisotopic (exact) mass is 410 g/mol. The second-order valence-corrected chi connectivity index (χ2v) is 7.72. The summed E-state index contributed by atoms with van der Waals surface area (Å²) in [4.78, 5) is 17.8. The van der Waals surface area contributed by atoms with Crippen LogP contribution in [0.25, 0.3) is 10.9 Å². The minimum Gasteiger partial charge on any atom is -0.283 e. The standard InChI is InChI=1S/C22H16ClFN2OS/c23-17-9-5-16(6-10-17)14-28-22-25-20-4-2-1-3-19(20)21(27)26(22)13-15-7-11-18(24)12-8-15/h1-12H,13-14H2. The van der Waals surface area contributed by atoms with Crippen LogP contribution in [0, 0.1) is 5.82 Å². The van der Waals surface area contributed by atoms with Gasteiger partial charge in [0.25, 0.3) is 5.56 Å². The fourth-order valence-electron chi connectivity index (χ4n) is 2.90. The number of rotatable bonds is 5. The number of halogens is 2. The van der Waals surface area contributed by atoms with Crippen LogP contribution in [0.15, 0.2) is 82.7 Å². The Hall–Kier alpha value is -2.63. The summed E-state index contributed by atoms with van der Waals surface area (Å²) in [6.45, 7) is 0.333. The van der Waals surface area contributed by atoms with Crippen molar-refractivity contribution in [1.82, 2.24) is 9.55 Å². The van der Waals surface area contributed by atoms with E-state index in [4.69, 9.17) is 16.6 Å². The van der Waals surface area contributed by atoms with Gasteiger partial charge in [0, 0.05) is 10.8 Å². The van der Waals surface area contributed by atoms with Crippen LogP contribution in [0.4, 0.5) is 4.39 Å². The van der Waals surface area contributed by atoms with Gasteiger partial charge in [-0.3, -0.25) is 9.36 Å². The summed E-state index contributed by atoms with van der Waals surface area (Å²) in [7, 11) is 0. The molecule has 0 aliphatic heterocycles. The molecule has 0 unspecified atom stereocenters. The van der Waals surface area contributed by atoms with Crippen LogP contribution in [0.5, 0.6) is 0 Å². The number of fused-ring (bicyclic) bond motifs is 1. The van der Waals surface area contributed by atoms with E-state index in [0.29, 0.717) is 33.4 Å². The summed E-state index contributed by atoms with van der Waals surface area (Å²) in [6, 6.07) is 21.1. The number of hydrogen-bond acceptors (Lipinski definition) is 3. The van der Waals surface area contributed by atoms with Crippen LogP contribution in [-0.2, 0) is 12.3 Å². The summed E-state index contributed by atoms with van der Waals surface area (Å²) in [5, 5.41) is 1.88. The van der Waals surface area contributed by atoms with Crippen molar-refractivity contribution in [1.29, 1.82) is 0 Å². The number of para-hydroxylation sites is 1. The fourth-order valence-corrected chi connectivity index (χ4v) is 3.98. The molecule has 140 valence electrons. The molecule has 0 fully saturated rings. The van der Waals surface area contributed by atoms with Gasteiger partial charge in [0.1, 0.15) is 5.82 Å². The van der Waals surface area contributed by atoms with Crippen LogP contribution in [-0.4, -0.2) is 9.55 Å². The van der Waals surface area contributed by atoms with Crippen LogP contribution in [0.1, 0.15) is 11.1 Å². The van der Waals surface area contributed by atoms with E-state index in [1.54, 1.807) is 22.8 Å². The second-order valence-electron chi connectivity index (χ2n) is 6.34. The first kappa shape index (κ1) is 18.7. The molecule has 4 aromatic rings. The van der Waals surface area contributed by atoms with E-state index in [1.807, 2.05) is 42.5 Å². The van der Waals surface area contributed by atoms with E-state index in [1.165, 1.54) is 23.9 Å². The van der Waals surface area contributed by atoms with E-state index in [2.05, 4.69) is 0 Å². The Balaban J connectivity index is 1.73. The van der Waals surface area contributed by atoms with Gasteiger partial charge in [-0.1, -0.05) is 59.8 Å². The first-order chi connectivity index (χ1) is 13.6.